The summed E-state index contributed by atoms with van der Waals surface area (Å²) >= 11 is 1.61. The van der Waals surface area contributed by atoms with E-state index < -0.39 is 0 Å². The van der Waals surface area contributed by atoms with Gasteiger partial charge in [0.15, 0.2) is 5.78 Å². The zero-order valence-corrected chi connectivity index (χ0v) is 10.5. The third kappa shape index (κ3) is 2.05. The van der Waals surface area contributed by atoms with Crippen LogP contribution in [-0.2, 0) is 6.42 Å². The lowest BCUT2D eigenvalue weighted by Crippen LogP contribution is -2.06. The van der Waals surface area contributed by atoms with Crippen LogP contribution in [0.1, 0.15) is 16.1 Å². The second kappa shape index (κ2) is 4.70. The van der Waals surface area contributed by atoms with Gasteiger partial charge in [0.1, 0.15) is 5.69 Å². The molecule has 3 aromatic rings. The molecule has 1 aromatic carbocycles. The number of carbonyl (C=O) groups excluding carboxylic acids is 1. The van der Waals surface area contributed by atoms with Gasteiger partial charge in [-0.2, -0.15) is 11.3 Å². The average molecular weight is 253 g/mol. The van der Waals surface area contributed by atoms with Crippen LogP contribution in [0.15, 0.2) is 53.4 Å². The van der Waals surface area contributed by atoms with Crippen molar-refractivity contribution in [2.24, 2.45) is 0 Å². The molecule has 0 N–H and O–H groups in total. The number of hydrogen-bond donors (Lipinski definition) is 0. The molecule has 88 valence electrons. The van der Waals surface area contributed by atoms with E-state index in [9.17, 15) is 4.79 Å². The lowest BCUT2D eigenvalue weighted by Gasteiger charge is -2.03. The number of benzene rings is 1. The van der Waals surface area contributed by atoms with E-state index in [0.29, 0.717) is 12.1 Å². The number of pyridine rings is 1. The third-order valence-corrected chi connectivity index (χ3v) is 3.61. The number of hydrogen-bond acceptors (Lipinski definition) is 3. The molecule has 18 heavy (non-hydrogen) atoms. The van der Waals surface area contributed by atoms with E-state index in [1.54, 1.807) is 17.5 Å². The van der Waals surface area contributed by atoms with E-state index in [1.807, 2.05) is 47.2 Å². The fourth-order valence-electron chi connectivity index (χ4n) is 2.00. The monoisotopic (exact) mass is 253 g/mol. The smallest absolute Gasteiger partial charge is 0.186 e. The first-order valence-electron chi connectivity index (χ1n) is 5.72. The van der Waals surface area contributed by atoms with Crippen molar-refractivity contribution in [3.63, 3.8) is 0 Å². The molecule has 0 saturated carbocycles. The Morgan fingerprint density at radius 1 is 1.17 bits per heavy atom. The van der Waals surface area contributed by atoms with E-state index in [4.69, 9.17) is 0 Å². The lowest BCUT2D eigenvalue weighted by atomic mass is 10.0. The molecule has 0 amide bonds. The number of nitrogens with zero attached hydrogens (tertiary/aromatic N) is 1. The highest BCUT2D eigenvalue weighted by atomic mass is 32.1. The fraction of sp³-hybridized carbons (Fsp3) is 0.0667. The Labute approximate surface area is 109 Å². The minimum atomic E-state index is 0.0743. The van der Waals surface area contributed by atoms with Crippen molar-refractivity contribution in [2.45, 2.75) is 6.42 Å². The maximum Gasteiger partial charge on any atom is 0.186 e. The zero-order valence-electron chi connectivity index (χ0n) is 9.67. The van der Waals surface area contributed by atoms with Gasteiger partial charge in [-0.15, -0.1) is 0 Å². The number of thiophene rings is 1. The summed E-state index contributed by atoms with van der Waals surface area (Å²) in [5.41, 5.74) is 1.62. The van der Waals surface area contributed by atoms with E-state index >= 15 is 0 Å². The van der Waals surface area contributed by atoms with E-state index in [1.165, 1.54) is 0 Å². The Kier molecular flexibility index (Phi) is 2.90. The van der Waals surface area contributed by atoms with Crippen molar-refractivity contribution < 1.29 is 4.79 Å². The van der Waals surface area contributed by atoms with E-state index in [-0.39, 0.29) is 5.78 Å². The molecule has 0 spiro atoms. The lowest BCUT2D eigenvalue weighted by molar-refractivity contribution is 0.0990. The highest BCUT2D eigenvalue weighted by molar-refractivity contribution is 7.08. The predicted molar refractivity (Wildman–Crippen MR) is 74.1 cm³/mol. The fourth-order valence-corrected chi connectivity index (χ4v) is 2.67. The Morgan fingerprint density at radius 3 is 2.89 bits per heavy atom. The van der Waals surface area contributed by atoms with Gasteiger partial charge in [-0.05, 0) is 33.8 Å². The summed E-state index contributed by atoms with van der Waals surface area (Å²) < 4.78 is 0. The number of Topliss-reactive ketones (excluding diaryl/α,β-unsaturated/α-hetero) is 1. The van der Waals surface area contributed by atoms with Gasteiger partial charge in [0.2, 0.25) is 0 Å². The van der Waals surface area contributed by atoms with Gasteiger partial charge in [0, 0.05) is 18.0 Å². The van der Waals surface area contributed by atoms with E-state index in [0.717, 1.165) is 16.3 Å². The number of rotatable bonds is 3. The topological polar surface area (TPSA) is 30.0 Å². The van der Waals surface area contributed by atoms with Crippen LogP contribution in [0.2, 0.25) is 0 Å². The zero-order chi connectivity index (χ0) is 12.4. The molecule has 0 aliphatic carbocycles. The van der Waals surface area contributed by atoms with E-state index in [2.05, 4.69) is 4.98 Å². The van der Waals surface area contributed by atoms with Crippen LogP contribution in [0, 0.1) is 0 Å². The van der Waals surface area contributed by atoms with Gasteiger partial charge in [-0.3, -0.25) is 9.78 Å². The first kappa shape index (κ1) is 11.1. The summed E-state index contributed by atoms with van der Waals surface area (Å²) in [5, 5.41) is 5.98. The molecular weight excluding hydrogens is 242 g/mol. The summed E-state index contributed by atoms with van der Waals surface area (Å²) in [4.78, 5) is 16.5. The minimum absolute atomic E-state index is 0.0743. The molecule has 0 radical (unpaired) electrons. The Hall–Kier alpha value is -2.00. The van der Waals surface area contributed by atoms with Crippen LogP contribution in [0.5, 0.6) is 0 Å². The summed E-state index contributed by atoms with van der Waals surface area (Å²) in [5.74, 6) is 0.0743. The van der Waals surface area contributed by atoms with Gasteiger partial charge in [0.25, 0.3) is 0 Å². The van der Waals surface area contributed by atoms with Crippen LogP contribution in [-0.4, -0.2) is 10.8 Å². The van der Waals surface area contributed by atoms with Crippen LogP contribution in [0.25, 0.3) is 10.8 Å². The van der Waals surface area contributed by atoms with Crippen LogP contribution in [0.4, 0.5) is 0 Å². The summed E-state index contributed by atoms with van der Waals surface area (Å²) in [6.45, 7) is 0. The molecule has 0 aliphatic heterocycles. The van der Waals surface area contributed by atoms with Crippen LogP contribution >= 0.6 is 11.3 Å². The summed E-state index contributed by atoms with van der Waals surface area (Å²) in [6, 6.07) is 11.8. The predicted octanol–water partition coefficient (Wildman–Crippen LogP) is 3.72. The molecule has 0 atom stereocenters. The summed E-state index contributed by atoms with van der Waals surface area (Å²) in [6.07, 6.45) is 2.12. The molecule has 2 nitrogen and oxygen atoms in total. The number of aromatic nitrogens is 1. The second-order valence-electron chi connectivity index (χ2n) is 4.11. The average Bonchev–Trinajstić information content (AvgIpc) is 2.91. The molecule has 3 heteroatoms. The van der Waals surface area contributed by atoms with Crippen molar-refractivity contribution in [2.75, 3.05) is 0 Å². The van der Waals surface area contributed by atoms with Gasteiger partial charge in [-0.1, -0.05) is 24.3 Å². The Balaban J connectivity index is 2.01. The SMILES string of the molecule is O=C(Cc1ccsc1)c1nccc2ccccc12. The third-order valence-electron chi connectivity index (χ3n) is 2.88. The first-order valence-corrected chi connectivity index (χ1v) is 6.67. The first-order chi connectivity index (χ1) is 8.84. The van der Waals surface area contributed by atoms with Gasteiger partial charge in [-0.25, -0.2) is 0 Å². The van der Waals surface area contributed by atoms with Crippen molar-refractivity contribution in [3.05, 3.63) is 64.6 Å². The molecule has 0 bridgehead atoms. The number of carbonyl (C=O) groups is 1. The molecule has 0 fully saturated rings. The van der Waals surface area contributed by atoms with Crippen molar-refractivity contribution in [1.82, 2.24) is 4.98 Å². The Morgan fingerprint density at radius 2 is 2.06 bits per heavy atom. The quantitative estimate of drug-likeness (QED) is 0.666. The molecule has 0 unspecified atom stereocenters. The van der Waals surface area contributed by atoms with Crippen LogP contribution in [0.3, 0.4) is 0 Å². The molecule has 0 saturated heterocycles. The maximum absolute atomic E-state index is 12.3. The molecular formula is C15H11NOS. The van der Waals surface area contributed by atoms with Crippen LogP contribution < -0.4 is 0 Å². The summed E-state index contributed by atoms with van der Waals surface area (Å²) in [7, 11) is 0. The van der Waals surface area contributed by atoms with Crippen molar-refractivity contribution in [1.29, 1.82) is 0 Å². The molecule has 2 heterocycles. The second-order valence-corrected chi connectivity index (χ2v) is 4.89. The van der Waals surface area contributed by atoms with Gasteiger partial charge >= 0.3 is 0 Å². The number of ketones is 1. The highest BCUT2D eigenvalue weighted by Gasteiger charge is 2.12. The Bertz CT molecular complexity index is 683. The standard InChI is InChI=1S/C15H11NOS/c17-14(9-11-6-8-18-10-11)15-13-4-2-1-3-12(13)5-7-16-15/h1-8,10H,9H2. The largest absolute Gasteiger partial charge is 0.292 e. The van der Waals surface area contributed by atoms with Crippen molar-refractivity contribution in [3.8, 4) is 0 Å². The molecule has 0 aliphatic rings. The normalized spacial score (nSPS) is 10.7. The molecule has 2 aromatic heterocycles. The highest BCUT2D eigenvalue weighted by Crippen LogP contribution is 2.18. The van der Waals surface area contributed by atoms with Gasteiger partial charge < -0.3 is 0 Å². The number of fused-ring (bicyclic) bond motifs is 1. The van der Waals surface area contributed by atoms with Crippen molar-refractivity contribution >= 4 is 27.9 Å². The maximum atomic E-state index is 12.3. The van der Waals surface area contributed by atoms with Gasteiger partial charge in [0.05, 0.1) is 0 Å². The minimum Gasteiger partial charge on any atom is -0.292 e. The molecule has 3 rings (SSSR count).